The molecule has 0 spiro atoms. The number of hydrogen-bond acceptors (Lipinski definition) is 4. The maximum Gasteiger partial charge on any atom is 0.127 e. The Hall–Kier alpha value is -2.04. The Morgan fingerprint density at radius 3 is 2.62 bits per heavy atom. The summed E-state index contributed by atoms with van der Waals surface area (Å²) in [6.07, 6.45) is 1.03. The number of hydrogen-bond donors (Lipinski definition) is 2. The van der Waals surface area contributed by atoms with E-state index in [9.17, 15) is 0 Å². The summed E-state index contributed by atoms with van der Waals surface area (Å²) in [6, 6.07) is 14.4. The lowest BCUT2D eigenvalue weighted by Gasteiger charge is -2.37. The third-order valence-electron chi connectivity index (χ3n) is 4.25. The molecule has 0 fully saturated rings. The van der Waals surface area contributed by atoms with Crippen LogP contribution in [0.2, 0.25) is 0 Å². The molecule has 2 aromatic carbocycles. The van der Waals surface area contributed by atoms with Crippen LogP contribution in [-0.4, -0.2) is 14.2 Å². The zero-order chi connectivity index (χ0) is 14.8. The molecule has 2 unspecified atom stereocenters. The molecule has 4 heteroatoms. The summed E-state index contributed by atoms with van der Waals surface area (Å²) in [5.74, 6) is 7.77. The lowest BCUT2D eigenvalue weighted by Crippen LogP contribution is -2.37. The Kier molecular flexibility index (Phi) is 3.82. The molecule has 0 saturated carbocycles. The average Bonchev–Trinajstić information content (AvgIpc) is 2.52. The molecule has 1 aliphatic carbocycles. The van der Waals surface area contributed by atoms with Crippen LogP contribution in [0.3, 0.4) is 0 Å². The Morgan fingerprint density at radius 2 is 1.95 bits per heavy atom. The van der Waals surface area contributed by atoms with Crippen LogP contribution in [0.25, 0.3) is 0 Å². The number of rotatable bonds is 5. The largest absolute Gasteiger partial charge is 0.497 e. The van der Waals surface area contributed by atoms with Gasteiger partial charge in [0.15, 0.2) is 0 Å². The summed E-state index contributed by atoms with van der Waals surface area (Å²) in [7, 11) is 3.32. The van der Waals surface area contributed by atoms with Crippen molar-refractivity contribution in [1.29, 1.82) is 0 Å². The van der Waals surface area contributed by atoms with E-state index in [2.05, 4.69) is 29.7 Å². The van der Waals surface area contributed by atoms with Crippen molar-refractivity contribution in [2.75, 3.05) is 14.2 Å². The number of fused-ring (bicyclic) bond motifs is 1. The van der Waals surface area contributed by atoms with Gasteiger partial charge in [-0.15, -0.1) is 0 Å². The van der Waals surface area contributed by atoms with E-state index in [0.717, 1.165) is 23.5 Å². The fourth-order valence-electron chi connectivity index (χ4n) is 3.09. The fraction of sp³-hybridized carbons (Fsp3) is 0.294. The topological polar surface area (TPSA) is 56.5 Å². The van der Waals surface area contributed by atoms with Crippen molar-refractivity contribution in [3.05, 3.63) is 59.2 Å². The third kappa shape index (κ3) is 2.37. The molecule has 4 nitrogen and oxygen atoms in total. The SMILES string of the molecule is COc1ccc(C(NN)C2Cc3ccccc32)c(OC)c1. The van der Waals surface area contributed by atoms with Gasteiger partial charge in [0.05, 0.1) is 20.3 Å². The smallest absolute Gasteiger partial charge is 0.127 e. The van der Waals surface area contributed by atoms with Gasteiger partial charge in [0.1, 0.15) is 11.5 Å². The molecule has 0 amide bonds. The molecule has 3 rings (SSSR count). The highest BCUT2D eigenvalue weighted by atomic mass is 16.5. The van der Waals surface area contributed by atoms with E-state index in [0.29, 0.717) is 5.92 Å². The standard InChI is InChI=1S/C17H20N2O2/c1-20-12-7-8-14(16(10-12)21-2)17(19-18)15-9-11-5-3-4-6-13(11)15/h3-8,10,15,17,19H,9,18H2,1-2H3. The Bertz CT molecular complexity index is 642. The normalized spacial score (nSPS) is 17.6. The van der Waals surface area contributed by atoms with E-state index in [1.165, 1.54) is 11.1 Å². The lowest BCUT2D eigenvalue weighted by molar-refractivity contribution is 0.367. The number of nitrogens with one attached hydrogen (secondary N) is 1. The zero-order valence-electron chi connectivity index (χ0n) is 12.3. The van der Waals surface area contributed by atoms with Crippen molar-refractivity contribution in [2.24, 2.45) is 5.84 Å². The highest BCUT2D eigenvalue weighted by Gasteiger charge is 2.34. The minimum absolute atomic E-state index is 0.0285. The molecule has 0 aromatic heterocycles. The van der Waals surface area contributed by atoms with Gasteiger partial charge in [-0.1, -0.05) is 24.3 Å². The molecule has 2 aromatic rings. The van der Waals surface area contributed by atoms with Crippen LogP contribution in [0.15, 0.2) is 42.5 Å². The molecule has 110 valence electrons. The van der Waals surface area contributed by atoms with E-state index >= 15 is 0 Å². The molecule has 0 radical (unpaired) electrons. The highest BCUT2D eigenvalue weighted by Crippen LogP contribution is 2.45. The summed E-state index contributed by atoms with van der Waals surface area (Å²) < 4.78 is 10.8. The number of benzene rings is 2. The second kappa shape index (κ2) is 5.76. The van der Waals surface area contributed by atoms with Crippen LogP contribution >= 0.6 is 0 Å². The second-order valence-corrected chi connectivity index (χ2v) is 5.26. The van der Waals surface area contributed by atoms with E-state index in [4.69, 9.17) is 15.3 Å². The molecule has 21 heavy (non-hydrogen) atoms. The Labute approximate surface area is 124 Å². The van der Waals surface area contributed by atoms with Crippen LogP contribution in [0.4, 0.5) is 0 Å². The van der Waals surface area contributed by atoms with Gasteiger partial charge in [-0.05, 0) is 29.7 Å². The molecular formula is C17H20N2O2. The maximum absolute atomic E-state index is 5.83. The zero-order valence-corrected chi connectivity index (χ0v) is 12.3. The molecule has 0 aliphatic heterocycles. The Morgan fingerprint density at radius 1 is 1.14 bits per heavy atom. The monoisotopic (exact) mass is 284 g/mol. The first-order chi connectivity index (χ1) is 10.3. The van der Waals surface area contributed by atoms with Crippen LogP contribution in [0.1, 0.15) is 28.7 Å². The molecule has 3 N–H and O–H groups in total. The number of methoxy groups -OCH3 is 2. The van der Waals surface area contributed by atoms with Crippen LogP contribution in [0, 0.1) is 0 Å². The van der Waals surface area contributed by atoms with Crippen molar-refractivity contribution in [3.8, 4) is 11.5 Å². The summed E-state index contributed by atoms with van der Waals surface area (Å²) in [5, 5.41) is 0. The molecule has 1 aliphatic rings. The molecule has 0 saturated heterocycles. The summed E-state index contributed by atoms with van der Waals surface area (Å²) in [4.78, 5) is 0. The maximum atomic E-state index is 5.83. The van der Waals surface area contributed by atoms with Gasteiger partial charge in [0, 0.05) is 17.5 Å². The van der Waals surface area contributed by atoms with E-state index < -0.39 is 0 Å². The van der Waals surface area contributed by atoms with E-state index in [-0.39, 0.29) is 6.04 Å². The van der Waals surface area contributed by atoms with Gasteiger partial charge in [-0.2, -0.15) is 0 Å². The molecular weight excluding hydrogens is 264 g/mol. The number of ether oxygens (including phenoxy) is 2. The van der Waals surface area contributed by atoms with Gasteiger partial charge >= 0.3 is 0 Å². The first-order valence-corrected chi connectivity index (χ1v) is 7.04. The summed E-state index contributed by atoms with van der Waals surface area (Å²) in [6.45, 7) is 0. The number of hydrazine groups is 1. The van der Waals surface area contributed by atoms with Gasteiger partial charge in [0.2, 0.25) is 0 Å². The van der Waals surface area contributed by atoms with Gasteiger partial charge in [-0.25, -0.2) is 0 Å². The van der Waals surface area contributed by atoms with Crippen LogP contribution in [0.5, 0.6) is 11.5 Å². The Balaban J connectivity index is 1.95. The first kappa shape index (κ1) is 13.9. The minimum Gasteiger partial charge on any atom is -0.497 e. The minimum atomic E-state index is 0.0285. The first-order valence-electron chi connectivity index (χ1n) is 7.04. The van der Waals surface area contributed by atoms with E-state index in [1.54, 1.807) is 14.2 Å². The van der Waals surface area contributed by atoms with Crippen LogP contribution < -0.4 is 20.7 Å². The second-order valence-electron chi connectivity index (χ2n) is 5.26. The van der Waals surface area contributed by atoms with Gasteiger partial charge < -0.3 is 9.47 Å². The molecule has 0 bridgehead atoms. The van der Waals surface area contributed by atoms with Gasteiger partial charge in [0.25, 0.3) is 0 Å². The molecule has 2 atom stereocenters. The summed E-state index contributed by atoms with van der Waals surface area (Å²) >= 11 is 0. The van der Waals surface area contributed by atoms with Crippen molar-refractivity contribution in [3.63, 3.8) is 0 Å². The van der Waals surface area contributed by atoms with Crippen molar-refractivity contribution in [2.45, 2.75) is 18.4 Å². The fourth-order valence-corrected chi connectivity index (χ4v) is 3.09. The van der Waals surface area contributed by atoms with Crippen LogP contribution in [-0.2, 0) is 6.42 Å². The quantitative estimate of drug-likeness (QED) is 0.654. The van der Waals surface area contributed by atoms with E-state index in [1.807, 2.05) is 18.2 Å². The highest BCUT2D eigenvalue weighted by molar-refractivity contribution is 5.48. The van der Waals surface area contributed by atoms with Crippen molar-refractivity contribution in [1.82, 2.24) is 5.43 Å². The molecule has 0 heterocycles. The summed E-state index contributed by atoms with van der Waals surface area (Å²) in [5.41, 5.74) is 6.77. The lowest BCUT2D eigenvalue weighted by atomic mass is 9.72. The predicted molar refractivity (Wildman–Crippen MR) is 82.5 cm³/mol. The average molecular weight is 284 g/mol. The number of nitrogens with two attached hydrogens (primary N) is 1. The van der Waals surface area contributed by atoms with Crippen molar-refractivity contribution < 1.29 is 9.47 Å². The van der Waals surface area contributed by atoms with Gasteiger partial charge in [-0.3, -0.25) is 11.3 Å². The predicted octanol–water partition coefficient (Wildman–Crippen LogP) is 2.55. The third-order valence-corrected chi connectivity index (χ3v) is 4.25. The van der Waals surface area contributed by atoms with Crippen molar-refractivity contribution >= 4 is 0 Å².